The fourth-order valence-corrected chi connectivity index (χ4v) is 3.38. The number of rotatable bonds is 8. The number of imidazole rings is 1. The van der Waals surface area contributed by atoms with Crippen LogP contribution in [0, 0.1) is 19.8 Å². The highest BCUT2D eigenvalue weighted by molar-refractivity contribution is 5.81. The van der Waals surface area contributed by atoms with Gasteiger partial charge in [0.1, 0.15) is 11.6 Å². The minimum Gasteiger partial charge on any atom is -0.494 e. The molecule has 2 aromatic carbocycles. The molecule has 28 heavy (non-hydrogen) atoms. The Bertz CT molecular complexity index is 989. The molecule has 0 unspecified atom stereocenters. The van der Waals surface area contributed by atoms with Gasteiger partial charge in [0.15, 0.2) is 0 Å². The van der Waals surface area contributed by atoms with Crippen molar-refractivity contribution in [1.82, 2.24) is 14.9 Å². The number of para-hydroxylation sites is 2. The molecule has 0 atom stereocenters. The molecule has 0 aliphatic heterocycles. The third kappa shape index (κ3) is 4.19. The summed E-state index contributed by atoms with van der Waals surface area (Å²) >= 11 is 0. The van der Waals surface area contributed by atoms with Crippen molar-refractivity contribution in [3.8, 4) is 5.75 Å². The zero-order chi connectivity index (χ0) is 19.5. The van der Waals surface area contributed by atoms with Crippen LogP contribution in [0.5, 0.6) is 5.75 Å². The molecule has 4 rings (SSSR count). The van der Waals surface area contributed by atoms with Gasteiger partial charge in [0.2, 0.25) is 5.91 Å². The highest BCUT2D eigenvalue weighted by Crippen LogP contribution is 2.29. The lowest BCUT2D eigenvalue weighted by molar-refractivity contribution is -0.122. The van der Waals surface area contributed by atoms with Crippen LogP contribution in [0.25, 0.3) is 11.0 Å². The van der Waals surface area contributed by atoms with E-state index in [1.165, 1.54) is 11.1 Å². The SMILES string of the molecule is Cc1ccc(OCCCn2c(CNC(=O)C3CC3)nc3ccccc32)cc1C. The van der Waals surface area contributed by atoms with Crippen LogP contribution in [0.15, 0.2) is 42.5 Å². The average Bonchev–Trinajstić information content (AvgIpc) is 3.49. The monoisotopic (exact) mass is 377 g/mol. The van der Waals surface area contributed by atoms with E-state index >= 15 is 0 Å². The summed E-state index contributed by atoms with van der Waals surface area (Å²) in [5, 5.41) is 3.04. The van der Waals surface area contributed by atoms with Crippen LogP contribution in [0.4, 0.5) is 0 Å². The van der Waals surface area contributed by atoms with Crippen molar-refractivity contribution in [2.45, 2.75) is 46.2 Å². The molecule has 1 fully saturated rings. The number of hydrogen-bond donors (Lipinski definition) is 1. The van der Waals surface area contributed by atoms with Gasteiger partial charge in [-0.3, -0.25) is 4.79 Å². The lowest BCUT2D eigenvalue weighted by atomic mass is 10.1. The van der Waals surface area contributed by atoms with E-state index in [0.717, 1.165) is 48.4 Å². The molecule has 1 aliphatic rings. The van der Waals surface area contributed by atoms with Gasteiger partial charge in [0.25, 0.3) is 0 Å². The van der Waals surface area contributed by atoms with Gasteiger partial charge < -0.3 is 14.6 Å². The van der Waals surface area contributed by atoms with Crippen molar-refractivity contribution in [3.05, 3.63) is 59.4 Å². The summed E-state index contributed by atoms with van der Waals surface area (Å²) in [5.74, 6) is 2.18. The summed E-state index contributed by atoms with van der Waals surface area (Å²) in [6.07, 6.45) is 2.90. The van der Waals surface area contributed by atoms with E-state index in [9.17, 15) is 4.79 Å². The first-order chi connectivity index (χ1) is 13.6. The summed E-state index contributed by atoms with van der Waals surface area (Å²) in [6.45, 7) is 6.12. The molecule has 1 aliphatic carbocycles. The maximum Gasteiger partial charge on any atom is 0.223 e. The van der Waals surface area contributed by atoms with Crippen LogP contribution in [0.3, 0.4) is 0 Å². The number of nitrogens with zero attached hydrogens (tertiary/aromatic N) is 2. The Kier molecular flexibility index (Phi) is 5.33. The number of aryl methyl sites for hydroxylation is 3. The largest absolute Gasteiger partial charge is 0.494 e. The molecule has 5 heteroatoms. The fourth-order valence-electron chi connectivity index (χ4n) is 3.38. The van der Waals surface area contributed by atoms with Crippen molar-refractivity contribution in [2.24, 2.45) is 5.92 Å². The number of carbonyl (C=O) groups excluding carboxylic acids is 1. The Labute approximate surface area is 165 Å². The molecule has 146 valence electrons. The van der Waals surface area contributed by atoms with Crippen molar-refractivity contribution in [1.29, 1.82) is 0 Å². The molecular formula is C23H27N3O2. The van der Waals surface area contributed by atoms with E-state index in [0.29, 0.717) is 13.2 Å². The Balaban J connectivity index is 1.40. The van der Waals surface area contributed by atoms with Gasteiger partial charge in [0, 0.05) is 12.5 Å². The van der Waals surface area contributed by atoms with Gasteiger partial charge in [-0.1, -0.05) is 18.2 Å². The number of hydrogen-bond acceptors (Lipinski definition) is 3. The maximum absolute atomic E-state index is 12.0. The predicted octanol–water partition coefficient (Wildman–Crippen LogP) is 4.15. The Morgan fingerprint density at radius 1 is 1.18 bits per heavy atom. The molecule has 0 radical (unpaired) electrons. The van der Waals surface area contributed by atoms with Gasteiger partial charge in [-0.05, 0) is 68.5 Å². The molecule has 1 heterocycles. The van der Waals surface area contributed by atoms with Crippen LogP contribution in [-0.4, -0.2) is 22.1 Å². The summed E-state index contributed by atoms with van der Waals surface area (Å²) in [4.78, 5) is 16.7. The van der Waals surface area contributed by atoms with Crippen LogP contribution >= 0.6 is 0 Å². The molecule has 3 aromatic rings. The maximum atomic E-state index is 12.0. The van der Waals surface area contributed by atoms with Crippen LogP contribution in [-0.2, 0) is 17.9 Å². The topological polar surface area (TPSA) is 56.1 Å². The number of carbonyl (C=O) groups is 1. The second-order valence-electron chi connectivity index (χ2n) is 7.61. The zero-order valence-electron chi connectivity index (χ0n) is 16.6. The Hall–Kier alpha value is -2.82. The zero-order valence-corrected chi connectivity index (χ0v) is 16.6. The predicted molar refractivity (Wildman–Crippen MR) is 110 cm³/mol. The van der Waals surface area contributed by atoms with Crippen molar-refractivity contribution in [2.75, 3.05) is 6.61 Å². The standard InChI is InChI=1S/C23H27N3O2/c1-16-8-11-19(14-17(16)2)28-13-5-12-26-21-7-4-3-6-20(21)25-22(26)15-24-23(27)18-9-10-18/h3-4,6-8,11,14,18H,5,9-10,12-13,15H2,1-2H3,(H,24,27). The average molecular weight is 377 g/mol. The first kappa shape index (κ1) is 18.5. The molecule has 1 amide bonds. The van der Waals surface area contributed by atoms with Crippen LogP contribution in [0.2, 0.25) is 0 Å². The van der Waals surface area contributed by atoms with E-state index in [4.69, 9.17) is 9.72 Å². The Morgan fingerprint density at radius 3 is 2.79 bits per heavy atom. The normalized spacial score (nSPS) is 13.6. The molecule has 5 nitrogen and oxygen atoms in total. The quantitative estimate of drug-likeness (QED) is 0.600. The van der Waals surface area contributed by atoms with Crippen molar-refractivity contribution in [3.63, 3.8) is 0 Å². The van der Waals surface area contributed by atoms with Crippen molar-refractivity contribution < 1.29 is 9.53 Å². The van der Waals surface area contributed by atoms with E-state index in [1.54, 1.807) is 0 Å². The molecule has 0 saturated heterocycles. The summed E-state index contributed by atoms with van der Waals surface area (Å²) in [5.41, 5.74) is 4.58. The van der Waals surface area contributed by atoms with E-state index < -0.39 is 0 Å². The van der Waals surface area contributed by atoms with E-state index in [2.05, 4.69) is 41.9 Å². The number of ether oxygens (including phenoxy) is 1. The van der Waals surface area contributed by atoms with E-state index in [-0.39, 0.29) is 11.8 Å². The minimum absolute atomic E-state index is 0.150. The summed E-state index contributed by atoms with van der Waals surface area (Å²) < 4.78 is 8.13. The number of benzene rings is 2. The fraction of sp³-hybridized carbons (Fsp3) is 0.391. The van der Waals surface area contributed by atoms with Gasteiger partial charge in [-0.2, -0.15) is 0 Å². The van der Waals surface area contributed by atoms with Crippen LogP contribution < -0.4 is 10.1 Å². The molecule has 1 N–H and O–H groups in total. The smallest absolute Gasteiger partial charge is 0.223 e. The lowest BCUT2D eigenvalue weighted by Crippen LogP contribution is -2.26. The summed E-state index contributed by atoms with van der Waals surface area (Å²) in [6, 6.07) is 14.3. The molecular weight excluding hydrogens is 350 g/mol. The first-order valence-electron chi connectivity index (χ1n) is 10.0. The molecule has 0 bridgehead atoms. The highest BCUT2D eigenvalue weighted by atomic mass is 16.5. The minimum atomic E-state index is 0.150. The number of fused-ring (bicyclic) bond motifs is 1. The summed E-state index contributed by atoms with van der Waals surface area (Å²) in [7, 11) is 0. The van der Waals surface area contributed by atoms with Gasteiger partial charge in [-0.25, -0.2) is 4.98 Å². The van der Waals surface area contributed by atoms with Crippen molar-refractivity contribution >= 4 is 16.9 Å². The van der Waals surface area contributed by atoms with Crippen LogP contribution in [0.1, 0.15) is 36.2 Å². The second kappa shape index (κ2) is 8.05. The van der Waals surface area contributed by atoms with E-state index in [1.807, 2.05) is 24.3 Å². The molecule has 1 aromatic heterocycles. The number of nitrogens with one attached hydrogen (secondary N) is 1. The van der Waals surface area contributed by atoms with Gasteiger partial charge >= 0.3 is 0 Å². The third-order valence-electron chi connectivity index (χ3n) is 5.38. The second-order valence-corrected chi connectivity index (χ2v) is 7.61. The highest BCUT2D eigenvalue weighted by Gasteiger charge is 2.29. The number of aromatic nitrogens is 2. The molecule has 1 saturated carbocycles. The molecule has 0 spiro atoms. The Morgan fingerprint density at radius 2 is 2.00 bits per heavy atom. The number of amides is 1. The lowest BCUT2D eigenvalue weighted by Gasteiger charge is -2.12. The van der Waals surface area contributed by atoms with Gasteiger partial charge in [0.05, 0.1) is 24.2 Å². The van der Waals surface area contributed by atoms with Gasteiger partial charge in [-0.15, -0.1) is 0 Å². The first-order valence-corrected chi connectivity index (χ1v) is 10.0. The third-order valence-corrected chi connectivity index (χ3v) is 5.38.